The van der Waals surface area contributed by atoms with Gasteiger partial charge in [-0.2, -0.15) is 11.8 Å². The molecular formula is C12H18Cl2N2OS. The van der Waals surface area contributed by atoms with Gasteiger partial charge in [-0.3, -0.25) is 4.79 Å². The fourth-order valence-corrected chi connectivity index (χ4v) is 2.08. The molecule has 3 N–H and O–H groups in total. The van der Waals surface area contributed by atoms with Gasteiger partial charge >= 0.3 is 0 Å². The molecule has 0 heterocycles. The number of halogens is 2. The number of thioether (sulfide) groups is 1. The predicted octanol–water partition coefficient (Wildman–Crippen LogP) is 3.09. The zero-order valence-electron chi connectivity index (χ0n) is 10.4. The molecule has 0 aliphatic carbocycles. The summed E-state index contributed by atoms with van der Waals surface area (Å²) >= 11 is 7.53. The minimum atomic E-state index is -0.461. The summed E-state index contributed by atoms with van der Waals surface area (Å²) in [4.78, 5) is 11.8. The number of hydrogen-bond acceptors (Lipinski definition) is 3. The Morgan fingerprint density at radius 3 is 2.78 bits per heavy atom. The van der Waals surface area contributed by atoms with Gasteiger partial charge in [0, 0.05) is 10.7 Å². The van der Waals surface area contributed by atoms with Gasteiger partial charge in [0.2, 0.25) is 5.91 Å². The van der Waals surface area contributed by atoms with Crippen molar-refractivity contribution in [2.24, 2.45) is 5.73 Å². The number of amides is 1. The zero-order valence-corrected chi connectivity index (χ0v) is 12.8. The van der Waals surface area contributed by atoms with E-state index in [1.165, 1.54) is 0 Å². The number of anilines is 1. The van der Waals surface area contributed by atoms with E-state index in [2.05, 4.69) is 5.32 Å². The third kappa shape index (κ3) is 5.48. The number of carbonyl (C=O) groups is 1. The van der Waals surface area contributed by atoms with E-state index < -0.39 is 6.04 Å². The number of benzene rings is 1. The molecular weight excluding hydrogens is 291 g/mol. The fraction of sp³-hybridized carbons (Fsp3) is 0.417. The molecule has 0 fully saturated rings. The lowest BCUT2D eigenvalue weighted by Crippen LogP contribution is -2.36. The van der Waals surface area contributed by atoms with Crippen LogP contribution in [-0.2, 0) is 4.79 Å². The van der Waals surface area contributed by atoms with Crippen LogP contribution >= 0.6 is 35.8 Å². The van der Waals surface area contributed by atoms with Gasteiger partial charge in [-0.15, -0.1) is 12.4 Å². The molecule has 1 aromatic rings. The van der Waals surface area contributed by atoms with Gasteiger partial charge in [-0.1, -0.05) is 11.6 Å². The molecule has 1 aromatic carbocycles. The molecule has 1 rings (SSSR count). The molecule has 18 heavy (non-hydrogen) atoms. The Hall–Kier alpha value is -0.420. The van der Waals surface area contributed by atoms with Crippen molar-refractivity contribution < 1.29 is 4.79 Å². The minimum absolute atomic E-state index is 0. The lowest BCUT2D eigenvalue weighted by molar-refractivity contribution is -0.117. The van der Waals surface area contributed by atoms with Crippen molar-refractivity contribution in [1.29, 1.82) is 0 Å². The largest absolute Gasteiger partial charge is 0.324 e. The van der Waals surface area contributed by atoms with E-state index >= 15 is 0 Å². The number of nitrogens with one attached hydrogen (secondary N) is 1. The van der Waals surface area contributed by atoms with Crippen LogP contribution < -0.4 is 11.1 Å². The van der Waals surface area contributed by atoms with Crippen LogP contribution in [0.4, 0.5) is 5.69 Å². The van der Waals surface area contributed by atoms with E-state index in [1.807, 2.05) is 19.2 Å². The van der Waals surface area contributed by atoms with Gasteiger partial charge in [-0.05, 0) is 49.1 Å². The summed E-state index contributed by atoms with van der Waals surface area (Å²) in [6, 6.07) is 4.89. The van der Waals surface area contributed by atoms with Crippen LogP contribution in [0.2, 0.25) is 5.02 Å². The van der Waals surface area contributed by atoms with Crippen LogP contribution in [0.1, 0.15) is 12.0 Å². The van der Waals surface area contributed by atoms with Crippen LogP contribution in [-0.4, -0.2) is 24.0 Å². The van der Waals surface area contributed by atoms with Gasteiger partial charge in [-0.25, -0.2) is 0 Å². The molecule has 0 saturated heterocycles. The molecule has 102 valence electrons. The first-order valence-electron chi connectivity index (χ1n) is 5.36. The number of rotatable bonds is 5. The summed E-state index contributed by atoms with van der Waals surface area (Å²) < 4.78 is 0. The maximum absolute atomic E-state index is 11.8. The molecule has 1 atom stereocenters. The Kier molecular flexibility index (Phi) is 8.44. The average molecular weight is 309 g/mol. The van der Waals surface area contributed by atoms with Crippen molar-refractivity contribution in [3.63, 3.8) is 0 Å². The van der Waals surface area contributed by atoms with Crippen molar-refractivity contribution in [3.8, 4) is 0 Å². The second kappa shape index (κ2) is 8.64. The maximum atomic E-state index is 11.8. The highest BCUT2D eigenvalue weighted by Crippen LogP contribution is 2.19. The summed E-state index contributed by atoms with van der Waals surface area (Å²) in [7, 11) is 0. The van der Waals surface area contributed by atoms with Crippen LogP contribution in [0.25, 0.3) is 0 Å². The smallest absolute Gasteiger partial charge is 0.241 e. The highest BCUT2D eigenvalue weighted by atomic mass is 35.5. The summed E-state index contributed by atoms with van der Waals surface area (Å²) in [5.74, 6) is 0.734. The van der Waals surface area contributed by atoms with Crippen LogP contribution in [0, 0.1) is 6.92 Å². The van der Waals surface area contributed by atoms with Gasteiger partial charge in [0.15, 0.2) is 0 Å². The maximum Gasteiger partial charge on any atom is 0.241 e. The Bertz CT molecular complexity index is 402. The normalized spacial score (nSPS) is 11.6. The number of nitrogens with two attached hydrogens (primary N) is 1. The first kappa shape index (κ1) is 17.6. The molecule has 0 saturated carbocycles. The van der Waals surface area contributed by atoms with Gasteiger partial charge in [0.1, 0.15) is 0 Å². The average Bonchev–Trinajstić information content (AvgIpc) is 2.29. The Balaban J connectivity index is 0.00000289. The number of hydrogen-bond donors (Lipinski definition) is 2. The predicted molar refractivity (Wildman–Crippen MR) is 83.0 cm³/mol. The van der Waals surface area contributed by atoms with Gasteiger partial charge in [0.25, 0.3) is 0 Å². The van der Waals surface area contributed by atoms with E-state index in [4.69, 9.17) is 17.3 Å². The monoisotopic (exact) mass is 308 g/mol. The Labute approximate surface area is 123 Å². The quantitative estimate of drug-likeness (QED) is 0.879. The molecule has 0 radical (unpaired) electrons. The first-order chi connectivity index (χ1) is 8.04. The Morgan fingerprint density at radius 2 is 2.22 bits per heavy atom. The summed E-state index contributed by atoms with van der Waals surface area (Å²) in [5.41, 5.74) is 7.48. The summed E-state index contributed by atoms with van der Waals surface area (Å²) in [6.45, 7) is 1.90. The molecule has 0 aromatic heterocycles. The number of carbonyl (C=O) groups excluding carboxylic acids is 1. The van der Waals surface area contributed by atoms with E-state index in [0.717, 1.165) is 17.0 Å². The van der Waals surface area contributed by atoms with E-state index in [1.54, 1.807) is 23.9 Å². The van der Waals surface area contributed by atoms with Crippen molar-refractivity contribution >= 4 is 47.4 Å². The molecule has 1 amide bonds. The van der Waals surface area contributed by atoms with Crippen molar-refractivity contribution in [1.82, 2.24) is 0 Å². The molecule has 0 aliphatic heterocycles. The number of aryl methyl sites for hydroxylation is 1. The molecule has 0 bridgehead atoms. The van der Waals surface area contributed by atoms with Crippen molar-refractivity contribution in [2.75, 3.05) is 17.3 Å². The molecule has 6 heteroatoms. The summed E-state index contributed by atoms with van der Waals surface area (Å²) in [5, 5.41) is 3.47. The van der Waals surface area contributed by atoms with Crippen LogP contribution in [0.5, 0.6) is 0 Å². The molecule has 0 aliphatic rings. The Morgan fingerprint density at radius 1 is 1.56 bits per heavy atom. The van der Waals surface area contributed by atoms with Gasteiger partial charge in [0.05, 0.1) is 6.04 Å². The third-order valence-electron chi connectivity index (χ3n) is 2.42. The highest BCUT2D eigenvalue weighted by molar-refractivity contribution is 7.98. The summed E-state index contributed by atoms with van der Waals surface area (Å²) in [6.07, 6.45) is 2.67. The van der Waals surface area contributed by atoms with E-state index in [0.29, 0.717) is 11.4 Å². The third-order valence-corrected chi connectivity index (χ3v) is 3.30. The SMILES string of the molecule is CSCC[C@H](N)C(=O)Nc1ccc(Cl)cc1C.Cl. The first-order valence-corrected chi connectivity index (χ1v) is 7.13. The molecule has 0 unspecified atom stereocenters. The van der Waals surface area contributed by atoms with Crippen LogP contribution in [0.15, 0.2) is 18.2 Å². The highest BCUT2D eigenvalue weighted by Gasteiger charge is 2.13. The van der Waals surface area contributed by atoms with E-state index in [9.17, 15) is 4.79 Å². The van der Waals surface area contributed by atoms with Crippen LogP contribution in [0.3, 0.4) is 0 Å². The topological polar surface area (TPSA) is 55.1 Å². The minimum Gasteiger partial charge on any atom is -0.324 e. The zero-order chi connectivity index (χ0) is 12.8. The molecule has 3 nitrogen and oxygen atoms in total. The lowest BCUT2D eigenvalue weighted by atomic mass is 10.1. The van der Waals surface area contributed by atoms with Crippen molar-refractivity contribution in [2.45, 2.75) is 19.4 Å². The van der Waals surface area contributed by atoms with Gasteiger partial charge < -0.3 is 11.1 Å². The van der Waals surface area contributed by atoms with E-state index in [-0.39, 0.29) is 18.3 Å². The fourth-order valence-electron chi connectivity index (χ4n) is 1.37. The lowest BCUT2D eigenvalue weighted by Gasteiger charge is -2.13. The second-order valence-electron chi connectivity index (χ2n) is 3.84. The second-order valence-corrected chi connectivity index (χ2v) is 5.26. The standard InChI is InChI=1S/C12H17ClN2OS.ClH/c1-8-7-9(13)3-4-11(8)15-12(16)10(14)5-6-17-2;/h3-4,7,10H,5-6,14H2,1-2H3,(H,15,16);1H/t10-;/m0./s1. The van der Waals surface area contributed by atoms with Crippen molar-refractivity contribution in [3.05, 3.63) is 28.8 Å². The molecule has 0 spiro atoms.